The molecule has 0 heterocycles. The molecule has 1 unspecified atom stereocenters. The maximum Gasteiger partial charge on any atom is 0.438 e. The molecule has 0 saturated heterocycles. The van der Waals surface area contributed by atoms with Crippen LogP contribution in [0.1, 0.15) is 19.8 Å². The summed E-state index contributed by atoms with van der Waals surface area (Å²) in [6.45, 7) is 9.60. The summed E-state index contributed by atoms with van der Waals surface area (Å²) in [4.78, 5) is 33.5. The fraction of sp³-hybridized carbons (Fsp3) is 0.438. The molecule has 136 valence electrons. The molecule has 1 aliphatic carbocycles. The van der Waals surface area contributed by atoms with Crippen LogP contribution in [0.15, 0.2) is 48.7 Å². The number of quaternary nitrogens is 1. The summed E-state index contributed by atoms with van der Waals surface area (Å²) in [7, 11) is 0. The molecule has 25 heavy (non-hydrogen) atoms. The third-order valence-corrected chi connectivity index (χ3v) is 4.45. The van der Waals surface area contributed by atoms with E-state index >= 15 is 0 Å². The van der Waals surface area contributed by atoms with E-state index in [4.69, 9.17) is 5.11 Å². The van der Waals surface area contributed by atoms with Crippen LogP contribution in [0.2, 0.25) is 0 Å². The summed E-state index contributed by atoms with van der Waals surface area (Å²) in [6, 6.07) is 0. The first-order valence-electron chi connectivity index (χ1n) is 7.75. The van der Waals surface area contributed by atoms with Crippen molar-refractivity contribution in [2.75, 3.05) is 19.6 Å². The lowest BCUT2D eigenvalue weighted by molar-refractivity contribution is -1.05. The van der Waals surface area contributed by atoms with Crippen molar-refractivity contribution in [2.45, 2.75) is 25.4 Å². The molecule has 1 aliphatic rings. The molecular formula is C16H22N3O6+. The lowest BCUT2D eigenvalue weighted by Crippen LogP contribution is -2.70. The van der Waals surface area contributed by atoms with Crippen molar-refractivity contribution in [2.24, 2.45) is 0 Å². The van der Waals surface area contributed by atoms with Crippen molar-refractivity contribution in [3.8, 4) is 0 Å². The van der Waals surface area contributed by atoms with Crippen molar-refractivity contribution in [1.29, 1.82) is 0 Å². The van der Waals surface area contributed by atoms with Gasteiger partial charge in [-0.1, -0.05) is 26.2 Å². The molecule has 0 aromatic carbocycles. The van der Waals surface area contributed by atoms with Crippen LogP contribution in [0, 0.1) is 20.2 Å². The number of carboxylic acid groups (broad SMARTS) is 1. The predicted molar refractivity (Wildman–Crippen MR) is 90.7 cm³/mol. The predicted octanol–water partition coefficient (Wildman–Crippen LogP) is 2.13. The molecule has 0 aromatic rings. The highest BCUT2D eigenvalue weighted by atomic mass is 16.7. The van der Waals surface area contributed by atoms with Gasteiger partial charge in [0.25, 0.3) is 0 Å². The minimum atomic E-state index is -2.11. The van der Waals surface area contributed by atoms with Crippen LogP contribution in [0.5, 0.6) is 0 Å². The van der Waals surface area contributed by atoms with Crippen LogP contribution in [-0.2, 0) is 4.79 Å². The van der Waals surface area contributed by atoms with Gasteiger partial charge in [-0.05, 0) is 18.6 Å². The van der Waals surface area contributed by atoms with Gasteiger partial charge in [-0.3, -0.25) is 20.2 Å². The Balaban J connectivity index is 3.78. The van der Waals surface area contributed by atoms with E-state index in [1.807, 2.05) is 6.92 Å². The van der Waals surface area contributed by atoms with Gasteiger partial charge in [0, 0.05) is 6.08 Å². The van der Waals surface area contributed by atoms with Crippen molar-refractivity contribution in [3.63, 3.8) is 0 Å². The number of aliphatic carboxylic acids is 1. The highest BCUT2D eigenvalue weighted by Gasteiger charge is 2.69. The van der Waals surface area contributed by atoms with Crippen LogP contribution in [0.3, 0.4) is 0 Å². The van der Waals surface area contributed by atoms with Gasteiger partial charge >= 0.3 is 17.3 Å². The van der Waals surface area contributed by atoms with E-state index in [2.05, 4.69) is 13.2 Å². The smallest absolute Gasteiger partial charge is 0.438 e. The Morgan fingerprint density at radius 2 is 1.92 bits per heavy atom. The highest BCUT2D eigenvalue weighted by Crippen LogP contribution is 2.41. The molecule has 0 bridgehead atoms. The van der Waals surface area contributed by atoms with E-state index in [9.17, 15) is 25.0 Å². The van der Waals surface area contributed by atoms with Gasteiger partial charge in [-0.2, -0.15) is 0 Å². The van der Waals surface area contributed by atoms with Gasteiger partial charge in [-0.15, -0.1) is 0 Å². The number of rotatable bonds is 10. The van der Waals surface area contributed by atoms with Crippen LogP contribution < -0.4 is 0 Å². The zero-order valence-corrected chi connectivity index (χ0v) is 14.1. The first-order valence-corrected chi connectivity index (χ1v) is 7.75. The normalized spacial score (nSPS) is 20.2. The summed E-state index contributed by atoms with van der Waals surface area (Å²) in [5, 5.41) is 32.9. The number of hydrogen-bond donors (Lipinski definition) is 1. The fourth-order valence-corrected chi connectivity index (χ4v) is 3.47. The van der Waals surface area contributed by atoms with E-state index < -0.39 is 33.6 Å². The number of hydrogen-bond acceptors (Lipinski definition) is 5. The molecule has 0 amide bonds. The highest BCUT2D eigenvalue weighted by molar-refractivity contribution is 5.90. The summed E-state index contributed by atoms with van der Waals surface area (Å²) in [5.41, 5.74) is -3.16. The fourth-order valence-electron chi connectivity index (χ4n) is 3.47. The van der Waals surface area contributed by atoms with Gasteiger partial charge in [0.2, 0.25) is 0 Å². The summed E-state index contributed by atoms with van der Waals surface area (Å²) >= 11 is 0. The topological polar surface area (TPSA) is 124 Å². The molecule has 1 N–H and O–H groups in total. The molecule has 1 rings (SSSR count). The van der Waals surface area contributed by atoms with Gasteiger partial charge < -0.3 is 5.11 Å². The van der Waals surface area contributed by atoms with E-state index in [1.54, 1.807) is 0 Å². The Labute approximate surface area is 145 Å². The van der Waals surface area contributed by atoms with Crippen LogP contribution in [0.4, 0.5) is 0 Å². The van der Waals surface area contributed by atoms with E-state index in [0.717, 1.165) is 6.08 Å². The van der Waals surface area contributed by atoms with Gasteiger partial charge in [0.15, 0.2) is 0 Å². The quantitative estimate of drug-likeness (QED) is 0.211. The Bertz CT molecular complexity index is 657. The number of carboxylic acids is 1. The second-order valence-corrected chi connectivity index (χ2v) is 5.84. The molecule has 0 aliphatic heterocycles. The minimum absolute atomic E-state index is 0.113. The maximum absolute atomic E-state index is 12.1. The summed E-state index contributed by atoms with van der Waals surface area (Å²) in [5.74, 6) is -1.36. The number of carbonyl (C=O) groups is 1. The maximum atomic E-state index is 12.1. The van der Waals surface area contributed by atoms with Gasteiger partial charge in [-0.25, -0.2) is 9.28 Å². The monoisotopic (exact) mass is 352 g/mol. The molecule has 1 atom stereocenters. The zero-order chi connectivity index (χ0) is 19.3. The van der Waals surface area contributed by atoms with Crippen molar-refractivity contribution in [1.82, 2.24) is 0 Å². The van der Waals surface area contributed by atoms with Gasteiger partial charge in [0.1, 0.15) is 19.5 Å². The molecule has 0 aromatic heterocycles. The molecule has 0 spiro atoms. The van der Waals surface area contributed by atoms with E-state index in [0.29, 0.717) is 6.42 Å². The molecule has 0 fully saturated rings. The second-order valence-electron chi connectivity index (χ2n) is 5.84. The average Bonchev–Trinajstić information content (AvgIpc) is 2.54. The van der Waals surface area contributed by atoms with Crippen LogP contribution in [0.25, 0.3) is 0 Å². The average molecular weight is 352 g/mol. The van der Waals surface area contributed by atoms with Crippen molar-refractivity contribution in [3.05, 3.63) is 69.0 Å². The largest absolute Gasteiger partial charge is 0.478 e. The Kier molecular flexibility index (Phi) is 6.35. The molecule has 9 heteroatoms. The lowest BCUT2D eigenvalue weighted by atomic mass is 9.88. The van der Waals surface area contributed by atoms with Gasteiger partial charge in [0.05, 0.1) is 22.0 Å². The Morgan fingerprint density at radius 1 is 1.36 bits per heavy atom. The third-order valence-electron chi connectivity index (χ3n) is 4.45. The standard InChI is InChI=1S/C16H21N3O6/c1-4-9-19(10-5-2,11-6-3)16(18(24)25)8-7-13(15(20)21)12-14(16)17(22)23/h4-5,7,12H,1-2,6,8-11H2,3H3/p+1. The number of nitrogens with zero attached hydrogens (tertiary/aromatic N) is 3. The first kappa shape index (κ1) is 20.2. The Hall–Kier alpha value is -2.81. The van der Waals surface area contributed by atoms with Crippen LogP contribution >= 0.6 is 0 Å². The second kappa shape index (κ2) is 7.84. The Morgan fingerprint density at radius 3 is 2.28 bits per heavy atom. The lowest BCUT2D eigenvalue weighted by Gasteiger charge is -2.44. The van der Waals surface area contributed by atoms with E-state index in [-0.39, 0.29) is 29.7 Å². The molecule has 0 saturated carbocycles. The summed E-state index contributed by atoms with van der Waals surface area (Å²) < 4.78 is -0.278. The SMILES string of the molecule is C=CC[N+](CC=C)(CCC)C1([N+](=O)[O-])CC=C(C(=O)O)C=C1[N+](=O)[O-]. The molecular weight excluding hydrogens is 330 g/mol. The van der Waals surface area contributed by atoms with Crippen molar-refractivity contribution >= 4 is 5.97 Å². The third kappa shape index (κ3) is 3.36. The summed E-state index contributed by atoms with van der Waals surface area (Å²) in [6.07, 6.45) is 5.08. The van der Waals surface area contributed by atoms with Crippen molar-refractivity contribution < 1.29 is 24.2 Å². The zero-order valence-electron chi connectivity index (χ0n) is 14.1. The molecule has 0 radical (unpaired) electrons. The minimum Gasteiger partial charge on any atom is -0.478 e. The van der Waals surface area contributed by atoms with Crippen LogP contribution in [-0.4, -0.2) is 50.7 Å². The first-order chi connectivity index (χ1) is 11.7. The van der Waals surface area contributed by atoms with E-state index in [1.165, 1.54) is 18.2 Å². The molecule has 9 nitrogen and oxygen atoms in total. The number of nitro groups is 2.